The van der Waals surface area contributed by atoms with Gasteiger partial charge in [-0.15, -0.1) is 0 Å². The molecule has 2 atom stereocenters. The van der Waals surface area contributed by atoms with Crippen LogP contribution in [0.4, 0.5) is 0 Å². The summed E-state index contributed by atoms with van der Waals surface area (Å²) in [6.45, 7) is 4.06. The maximum absolute atomic E-state index is 12.5. The van der Waals surface area contributed by atoms with E-state index in [4.69, 9.17) is 16.0 Å². The molecule has 2 aromatic rings. The molecule has 3 rings (SSSR count). The highest BCUT2D eigenvalue weighted by Gasteiger charge is 2.27. The minimum absolute atomic E-state index is 0.00193. The van der Waals surface area contributed by atoms with E-state index in [0.29, 0.717) is 17.1 Å². The SMILES string of the molecule is C[C@H](NC(=O)c1ccccc1Cl)C(=O)NC[C@@H](c1ccco1)N1CCCC1. The number of likely N-dealkylation sites (tertiary alicyclic amines) is 1. The highest BCUT2D eigenvalue weighted by Crippen LogP contribution is 2.24. The van der Waals surface area contributed by atoms with E-state index in [1.165, 1.54) is 0 Å². The number of nitrogens with zero attached hydrogens (tertiary/aromatic N) is 1. The van der Waals surface area contributed by atoms with E-state index < -0.39 is 6.04 Å². The summed E-state index contributed by atoms with van der Waals surface area (Å²) < 4.78 is 5.56. The average molecular weight is 390 g/mol. The molecule has 27 heavy (non-hydrogen) atoms. The number of benzene rings is 1. The van der Waals surface area contributed by atoms with Gasteiger partial charge in [-0.2, -0.15) is 0 Å². The zero-order valence-corrected chi connectivity index (χ0v) is 16.0. The number of amides is 2. The van der Waals surface area contributed by atoms with Crippen LogP contribution >= 0.6 is 11.6 Å². The lowest BCUT2D eigenvalue weighted by atomic mass is 10.1. The molecule has 6 nitrogen and oxygen atoms in total. The Hall–Kier alpha value is -2.31. The summed E-state index contributed by atoms with van der Waals surface area (Å²) in [5.74, 6) is 0.224. The zero-order chi connectivity index (χ0) is 19.2. The molecular formula is C20H24ClN3O3. The van der Waals surface area contributed by atoms with Crippen molar-refractivity contribution >= 4 is 23.4 Å². The highest BCUT2D eigenvalue weighted by molar-refractivity contribution is 6.33. The Labute approximate surface area is 163 Å². The maximum atomic E-state index is 12.5. The molecule has 1 aliphatic rings. The number of carbonyl (C=O) groups is 2. The van der Waals surface area contributed by atoms with Crippen molar-refractivity contribution in [3.8, 4) is 0 Å². The molecule has 0 unspecified atom stereocenters. The third-order valence-electron chi connectivity index (χ3n) is 4.78. The second-order valence-electron chi connectivity index (χ2n) is 6.69. The van der Waals surface area contributed by atoms with Gasteiger partial charge in [-0.05, 0) is 57.1 Å². The van der Waals surface area contributed by atoms with Gasteiger partial charge in [0.1, 0.15) is 11.8 Å². The first-order valence-corrected chi connectivity index (χ1v) is 9.54. The molecule has 7 heteroatoms. The number of carbonyl (C=O) groups excluding carboxylic acids is 2. The van der Waals surface area contributed by atoms with Crippen LogP contribution in [0.3, 0.4) is 0 Å². The van der Waals surface area contributed by atoms with Crippen molar-refractivity contribution in [2.24, 2.45) is 0 Å². The van der Waals surface area contributed by atoms with Crippen molar-refractivity contribution < 1.29 is 14.0 Å². The van der Waals surface area contributed by atoms with E-state index in [-0.39, 0.29) is 17.9 Å². The molecule has 2 heterocycles. The summed E-state index contributed by atoms with van der Waals surface area (Å²) in [5, 5.41) is 5.98. The third kappa shape index (κ3) is 4.90. The second kappa shape index (κ2) is 9.06. The van der Waals surface area contributed by atoms with E-state index in [1.54, 1.807) is 37.5 Å². The molecule has 0 aliphatic carbocycles. The zero-order valence-electron chi connectivity index (χ0n) is 15.3. The topological polar surface area (TPSA) is 74.6 Å². The van der Waals surface area contributed by atoms with Crippen LogP contribution in [0.5, 0.6) is 0 Å². The van der Waals surface area contributed by atoms with Crippen LogP contribution in [0.2, 0.25) is 5.02 Å². The molecule has 1 aliphatic heterocycles. The molecule has 2 amide bonds. The fourth-order valence-corrected chi connectivity index (χ4v) is 3.50. The molecule has 2 N–H and O–H groups in total. The molecule has 0 bridgehead atoms. The normalized spacial score (nSPS) is 16.7. The number of furan rings is 1. The first kappa shape index (κ1) is 19.5. The third-order valence-corrected chi connectivity index (χ3v) is 5.11. The van der Waals surface area contributed by atoms with Gasteiger partial charge in [0.2, 0.25) is 5.91 Å². The van der Waals surface area contributed by atoms with Crippen LogP contribution in [-0.4, -0.2) is 42.4 Å². The first-order chi connectivity index (χ1) is 13.1. The van der Waals surface area contributed by atoms with Crippen molar-refractivity contribution in [1.82, 2.24) is 15.5 Å². The van der Waals surface area contributed by atoms with E-state index >= 15 is 0 Å². The van der Waals surface area contributed by atoms with Crippen LogP contribution in [0.15, 0.2) is 47.1 Å². The fourth-order valence-electron chi connectivity index (χ4n) is 3.28. The Bertz CT molecular complexity index is 773. The van der Waals surface area contributed by atoms with Crippen LogP contribution in [0.25, 0.3) is 0 Å². The lowest BCUT2D eigenvalue weighted by Gasteiger charge is -2.26. The largest absolute Gasteiger partial charge is 0.468 e. The van der Waals surface area contributed by atoms with E-state index in [0.717, 1.165) is 31.7 Å². The summed E-state index contributed by atoms with van der Waals surface area (Å²) in [6.07, 6.45) is 3.94. The van der Waals surface area contributed by atoms with Gasteiger partial charge in [0, 0.05) is 6.54 Å². The molecule has 1 saturated heterocycles. The summed E-state index contributed by atoms with van der Waals surface area (Å²) >= 11 is 6.04. The molecule has 1 fully saturated rings. The molecule has 0 spiro atoms. The predicted octanol–water partition coefficient (Wildman–Crippen LogP) is 3.00. The Kier molecular flexibility index (Phi) is 6.53. The van der Waals surface area contributed by atoms with Crippen molar-refractivity contribution in [3.63, 3.8) is 0 Å². The van der Waals surface area contributed by atoms with E-state index in [2.05, 4.69) is 15.5 Å². The van der Waals surface area contributed by atoms with Gasteiger partial charge in [0.05, 0.1) is 22.9 Å². The number of rotatable bonds is 7. The monoisotopic (exact) mass is 389 g/mol. The highest BCUT2D eigenvalue weighted by atomic mass is 35.5. The fraction of sp³-hybridized carbons (Fsp3) is 0.400. The van der Waals surface area contributed by atoms with Gasteiger partial charge in [-0.25, -0.2) is 0 Å². The molecule has 1 aromatic heterocycles. The van der Waals surface area contributed by atoms with Gasteiger partial charge in [0.25, 0.3) is 5.91 Å². The van der Waals surface area contributed by atoms with Crippen LogP contribution in [-0.2, 0) is 4.79 Å². The Morgan fingerprint density at radius 3 is 2.59 bits per heavy atom. The van der Waals surface area contributed by atoms with Gasteiger partial charge in [-0.1, -0.05) is 23.7 Å². The Morgan fingerprint density at radius 2 is 1.93 bits per heavy atom. The molecule has 0 saturated carbocycles. The molecule has 1 aromatic carbocycles. The molecule has 0 radical (unpaired) electrons. The van der Waals surface area contributed by atoms with Crippen molar-refractivity contribution in [3.05, 3.63) is 59.0 Å². The summed E-state index contributed by atoms with van der Waals surface area (Å²) in [7, 11) is 0. The van der Waals surface area contributed by atoms with Crippen molar-refractivity contribution in [2.75, 3.05) is 19.6 Å². The number of hydrogen-bond acceptors (Lipinski definition) is 4. The van der Waals surface area contributed by atoms with Crippen molar-refractivity contribution in [2.45, 2.75) is 31.8 Å². The maximum Gasteiger partial charge on any atom is 0.253 e. The van der Waals surface area contributed by atoms with Crippen molar-refractivity contribution in [1.29, 1.82) is 0 Å². The summed E-state index contributed by atoms with van der Waals surface area (Å²) in [5.41, 5.74) is 0.351. The van der Waals surface area contributed by atoms with Crippen LogP contribution in [0, 0.1) is 0 Å². The minimum Gasteiger partial charge on any atom is -0.468 e. The predicted molar refractivity (Wildman–Crippen MR) is 104 cm³/mol. The summed E-state index contributed by atoms with van der Waals surface area (Å²) in [6, 6.07) is 9.86. The van der Waals surface area contributed by atoms with Gasteiger partial charge in [-0.3, -0.25) is 14.5 Å². The lowest BCUT2D eigenvalue weighted by molar-refractivity contribution is -0.122. The van der Waals surface area contributed by atoms with Crippen LogP contribution in [0.1, 0.15) is 41.9 Å². The molecule has 144 valence electrons. The molecular weight excluding hydrogens is 366 g/mol. The minimum atomic E-state index is -0.676. The number of halogens is 1. The second-order valence-corrected chi connectivity index (χ2v) is 7.10. The smallest absolute Gasteiger partial charge is 0.253 e. The van der Waals surface area contributed by atoms with Gasteiger partial charge in [0.15, 0.2) is 0 Å². The average Bonchev–Trinajstić information content (AvgIpc) is 3.36. The van der Waals surface area contributed by atoms with Gasteiger partial charge >= 0.3 is 0 Å². The summed E-state index contributed by atoms with van der Waals surface area (Å²) in [4.78, 5) is 27.1. The Balaban J connectivity index is 1.57. The van der Waals surface area contributed by atoms with Gasteiger partial charge < -0.3 is 15.1 Å². The van der Waals surface area contributed by atoms with E-state index in [1.807, 2.05) is 12.1 Å². The standard InChI is InChI=1S/C20H24ClN3O3/c1-14(23-20(26)15-7-2-3-8-16(15)21)19(25)22-13-17(18-9-6-12-27-18)24-10-4-5-11-24/h2-3,6-9,12,14,17H,4-5,10-11,13H2,1H3,(H,22,25)(H,23,26)/t14-,17-/m0/s1. The quantitative estimate of drug-likeness (QED) is 0.763. The number of hydrogen-bond donors (Lipinski definition) is 2. The van der Waals surface area contributed by atoms with E-state index in [9.17, 15) is 9.59 Å². The number of nitrogens with one attached hydrogen (secondary N) is 2. The lowest BCUT2D eigenvalue weighted by Crippen LogP contribution is -2.47. The van der Waals surface area contributed by atoms with Crippen LogP contribution < -0.4 is 10.6 Å². The Morgan fingerprint density at radius 1 is 1.19 bits per heavy atom. The first-order valence-electron chi connectivity index (χ1n) is 9.17.